The molecule has 1 atom stereocenters. The van der Waals surface area contributed by atoms with Gasteiger partial charge in [0.05, 0.1) is 13.2 Å². The zero-order valence-electron chi connectivity index (χ0n) is 18.5. The van der Waals surface area contributed by atoms with Crippen molar-refractivity contribution in [3.63, 3.8) is 0 Å². The Morgan fingerprint density at radius 1 is 1.06 bits per heavy atom. The van der Waals surface area contributed by atoms with Crippen molar-refractivity contribution in [2.24, 2.45) is 5.41 Å². The molecule has 0 saturated carbocycles. The highest BCUT2D eigenvalue weighted by Gasteiger charge is 2.32. The molecule has 2 rings (SSSR count). The van der Waals surface area contributed by atoms with E-state index in [-0.39, 0.29) is 38.1 Å². The lowest BCUT2D eigenvalue weighted by molar-refractivity contribution is -0.137. The Hall–Kier alpha value is -2.61. The molecule has 0 radical (unpaired) electrons. The first-order valence-electron chi connectivity index (χ1n) is 10.5. The fraction of sp³-hybridized carbons (Fsp3) is 0.417. The van der Waals surface area contributed by atoms with Crippen LogP contribution in [0.5, 0.6) is 5.75 Å². The third kappa shape index (κ3) is 7.51. The Balaban J connectivity index is 1.82. The maximum absolute atomic E-state index is 12.1. The average Bonchev–Trinajstić information content (AvgIpc) is 2.82. The minimum absolute atomic E-state index is 0.145. The van der Waals surface area contributed by atoms with Gasteiger partial charge in [0.15, 0.2) is 0 Å². The molecule has 3 N–H and O–H groups in total. The smallest absolute Gasteiger partial charge is 0.249 e. The van der Waals surface area contributed by atoms with Gasteiger partial charge in [-0.2, -0.15) is 0 Å². The summed E-state index contributed by atoms with van der Waals surface area (Å²) in [6.07, 6.45) is -1.35. The quantitative estimate of drug-likeness (QED) is 0.420. The highest BCUT2D eigenvalue weighted by atomic mass is 35.5. The van der Waals surface area contributed by atoms with Crippen LogP contribution in [0.1, 0.15) is 13.8 Å². The van der Waals surface area contributed by atoms with Crippen LogP contribution in [-0.4, -0.2) is 71.8 Å². The van der Waals surface area contributed by atoms with Crippen LogP contribution in [0.2, 0.25) is 0 Å². The van der Waals surface area contributed by atoms with E-state index in [1.807, 2.05) is 54.6 Å². The molecule has 7 nitrogen and oxygen atoms in total. The molecule has 0 spiro atoms. The summed E-state index contributed by atoms with van der Waals surface area (Å²) in [5, 5.41) is 21.9. The van der Waals surface area contributed by atoms with Gasteiger partial charge >= 0.3 is 0 Å². The van der Waals surface area contributed by atoms with Crippen molar-refractivity contribution >= 4 is 23.4 Å². The van der Waals surface area contributed by atoms with Gasteiger partial charge in [0, 0.05) is 18.5 Å². The minimum Gasteiger partial charge on any atom is -0.492 e. The lowest BCUT2D eigenvalue weighted by Crippen LogP contribution is -2.48. The van der Waals surface area contributed by atoms with Gasteiger partial charge in [-0.1, -0.05) is 56.3 Å². The number of nitrogens with one attached hydrogen (secondary N) is 1. The number of carbonyl (C=O) groups is 2. The Kier molecular flexibility index (Phi) is 9.97. The normalized spacial score (nSPS) is 12.2. The van der Waals surface area contributed by atoms with E-state index in [1.165, 1.54) is 4.90 Å². The van der Waals surface area contributed by atoms with Gasteiger partial charge < -0.3 is 25.2 Å². The number of hydrogen-bond donors (Lipinski definition) is 3. The van der Waals surface area contributed by atoms with Crippen molar-refractivity contribution in [2.45, 2.75) is 20.0 Å². The van der Waals surface area contributed by atoms with Crippen molar-refractivity contribution in [1.82, 2.24) is 10.2 Å². The third-order valence-electron chi connectivity index (χ3n) is 5.14. The van der Waals surface area contributed by atoms with E-state index >= 15 is 0 Å². The number of benzene rings is 2. The lowest BCUT2D eigenvalue weighted by atomic mass is 9.87. The molecule has 0 aliphatic heterocycles. The number of carbonyl (C=O) groups excluding carboxylic acids is 2. The van der Waals surface area contributed by atoms with Gasteiger partial charge in [-0.05, 0) is 23.3 Å². The van der Waals surface area contributed by atoms with Crippen molar-refractivity contribution in [3.05, 3.63) is 54.6 Å². The SMILES string of the molecule is CC(C)(CO)C(O)C(=O)NCCN(CCOc1ccc(-c2ccccc2)cc1)C(=O)CCl. The third-order valence-corrected chi connectivity index (χ3v) is 5.36. The molecule has 8 heteroatoms. The summed E-state index contributed by atoms with van der Waals surface area (Å²) in [4.78, 5) is 25.7. The topological polar surface area (TPSA) is 99.1 Å². The molecular formula is C24H31ClN2O5. The number of aliphatic hydroxyl groups is 2. The number of amides is 2. The zero-order valence-corrected chi connectivity index (χ0v) is 19.2. The molecule has 0 aliphatic carbocycles. The maximum Gasteiger partial charge on any atom is 0.249 e. The molecule has 2 aromatic rings. The Morgan fingerprint density at radius 3 is 2.28 bits per heavy atom. The predicted octanol–water partition coefficient (Wildman–Crippen LogP) is 2.30. The molecule has 0 heterocycles. The van der Waals surface area contributed by atoms with E-state index < -0.39 is 17.4 Å². The van der Waals surface area contributed by atoms with Crippen LogP contribution >= 0.6 is 11.6 Å². The largest absolute Gasteiger partial charge is 0.492 e. The molecule has 0 saturated heterocycles. The van der Waals surface area contributed by atoms with E-state index in [0.717, 1.165) is 11.1 Å². The number of alkyl halides is 1. The minimum atomic E-state index is -1.35. The Morgan fingerprint density at radius 2 is 1.69 bits per heavy atom. The van der Waals surface area contributed by atoms with Gasteiger partial charge in [-0.15, -0.1) is 11.6 Å². The molecule has 32 heavy (non-hydrogen) atoms. The van der Waals surface area contributed by atoms with Gasteiger partial charge in [0.25, 0.3) is 0 Å². The first-order valence-corrected chi connectivity index (χ1v) is 11.0. The number of aliphatic hydroxyl groups excluding tert-OH is 2. The summed E-state index contributed by atoms with van der Waals surface area (Å²) < 4.78 is 5.75. The maximum atomic E-state index is 12.1. The fourth-order valence-corrected chi connectivity index (χ4v) is 3.11. The van der Waals surface area contributed by atoms with E-state index in [1.54, 1.807) is 13.8 Å². The van der Waals surface area contributed by atoms with Gasteiger partial charge in [-0.3, -0.25) is 9.59 Å². The standard InChI is InChI=1S/C24H31ClN2O5/c1-24(2,17-28)22(30)23(31)26-12-13-27(21(29)16-25)14-15-32-20-10-8-19(9-11-20)18-6-4-3-5-7-18/h3-11,22,28,30H,12-17H2,1-2H3,(H,26,31). The summed E-state index contributed by atoms with van der Waals surface area (Å²) in [6, 6.07) is 17.7. The first kappa shape index (κ1) is 25.6. The van der Waals surface area contributed by atoms with Crippen molar-refractivity contribution < 1.29 is 24.5 Å². The van der Waals surface area contributed by atoms with Crippen LogP contribution in [0.3, 0.4) is 0 Å². The number of rotatable bonds is 12. The summed E-state index contributed by atoms with van der Waals surface area (Å²) in [7, 11) is 0. The number of hydrogen-bond acceptors (Lipinski definition) is 5. The van der Waals surface area contributed by atoms with Crippen LogP contribution in [0, 0.1) is 5.41 Å². The second kappa shape index (κ2) is 12.4. The highest BCUT2D eigenvalue weighted by Crippen LogP contribution is 2.22. The monoisotopic (exact) mass is 462 g/mol. The second-order valence-corrected chi connectivity index (χ2v) is 8.36. The zero-order chi connectivity index (χ0) is 23.6. The lowest BCUT2D eigenvalue weighted by Gasteiger charge is -2.28. The molecule has 0 fully saturated rings. The van der Waals surface area contributed by atoms with E-state index in [4.69, 9.17) is 16.3 Å². The van der Waals surface area contributed by atoms with Crippen LogP contribution in [0.15, 0.2) is 54.6 Å². The highest BCUT2D eigenvalue weighted by molar-refractivity contribution is 6.27. The van der Waals surface area contributed by atoms with Gasteiger partial charge in [-0.25, -0.2) is 0 Å². The van der Waals surface area contributed by atoms with Crippen molar-refractivity contribution in [2.75, 3.05) is 38.7 Å². The molecule has 1 unspecified atom stereocenters. The molecule has 174 valence electrons. The first-order chi connectivity index (χ1) is 15.3. The fourth-order valence-electron chi connectivity index (χ4n) is 2.95. The van der Waals surface area contributed by atoms with Gasteiger partial charge in [0.2, 0.25) is 11.8 Å². The molecule has 0 bridgehead atoms. The van der Waals surface area contributed by atoms with Gasteiger partial charge in [0.1, 0.15) is 24.3 Å². The van der Waals surface area contributed by atoms with E-state index in [0.29, 0.717) is 12.3 Å². The average molecular weight is 463 g/mol. The molecule has 2 aromatic carbocycles. The number of ether oxygens (including phenoxy) is 1. The summed E-state index contributed by atoms with van der Waals surface area (Å²) in [6.45, 7) is 3.77. The van der Waals surface area contributed by atoms with E-state index in [9.17, 15) is 19.8 Å². The Labute approximate surface area is 194 Å². The predicted molar refractivity (Wildman–Crippen MR) is 125 cm³/mol. The molecule has 0 aromatic heterocycles. The van der Waals surface area contributed by atoms with Crippen molar-refractivity contribution in [3.8, 4) is 16.9 Å². The number of nitrogens with zero attached hydrogens (tertiary/aromatic N) is 1. The van der Waals surface area contributed by atoms with Crippen LogP contribution in [-0.2, 0) is 9.59 Å². The molecular weight excluding hydrogens is 432 g/mol. The molecule has 0 aliphatic rings. The number of halogens is 1. The Bertz CT molecular complexity index is 858. The van der Waals surface area contributed by atoms with Crippen LogP contribution in [0.4, 0.5) is 0 Å². The summed E-state index contributed by atoms with van der Waals surface area (Å²) in [5.74, 6) is -0.372. The van der Waals surface area contributed by atoms with E-state index in [2.05, 4.69) is 5.32 Å². The molecule has 2 amide bonds. The van der Waals surface area contributed by atoms with Crippen LogP contribution in [0.25, 0.3) is 11.1 Å². The second-order valence-electron chi connectivity index (χ2n) is 8.09. The summed E-state index contributed by atoms with van der Waals surface area (Å²) in [5.41, 5.74) is 1.24. The van der Waals surface area contributed by atoms with Crippen LogP contribution < -0.4 is 10.1 Å². The summed E-state index contributed by atoms with van der Waals surface area (Å²) >= 11 is 5.70. The van der Waals surface area contributed by atoms with Crippen molar-refractivity contribution in [1.29, 1.82) is 0 Å².